The Hall–Kier alpha value is -3.07. The fourth-order valence-corrected chi connectivity index (χ4v) is 4.41. The highest BCUT2D eigenvalue weighted by Crippen LogP contribution is 2.30. The predicted molar refractivity (Wildman–Crippen MR) is 127 cm³/mol. The van der Waals surface area contributed by atoms with Gasteiger partial charge in [0.25, 0.3) is 5.91 Å². The summed E-state index contributed by atoms with van der Waals surface area (Å²) in [4.78, 5) is 32.6. The van der Waals surface area contributed by atoms with E-state index in [4.69, 9.17) is 23.8 Å². The zero-order valence-electron chi connectivity index (χ0n) is 16.4. The Morgan fingerprint density at radius 2 is 1.94 bits per heavy atom. The molecule has 31 heavy (non-hydrogen) atoms. The van der Waals surface area contributed by atoms with Crippen LogP contribution in [-0.2, 0) is 16.1 Å². The summed E-state index contributed by atoms with van der Waals surface area (Å²) in [5.74, 6) is -0.409. The van der Waals surface area contributed by atoms with Gasteiger partial charge >= 0.3 is 0 Å². The summed E-state index contributed by atoms with van der Waals surface area (Å²) in [6.07, 6.45) is 1.63. The standard InChI is InChI=1S/C22H17ClN4O2S2/c1-14(28)27(17-8-3-2-4-9-17)22-24-16(13-31-22)11-19-20(29)26(21(30)25-19)12-15-7-5-6-10-18(15)23/h2-11,13H,12H2,1H3,(H,25,30)/b19-11-. The van der Waals surface area contributed by atoms with Gasteiger partial charge in [-0.1, -0.05) is 48.0 Å². The largest absolute Gasteiger partial charge is 0.328 e. The van der Waals surface area contributed by atoms with Crippen LogP contribution in [0.1, 0.15) is 18.2 Å². The molecule has 0 unspecified atom stereocenters. The van der Waals surface area contributed by atoms with Crippen molar-refractivity contribution in [2.75, 3.05) is 4.90 Å². The van der Waals surface area contributed by atoms with Crippen LogP contribution in [0, 0.1) is 0 Å². The molecule has 1 aliphatic heterocycles. The van der Waals surface area contributed by atoms with Crippen LogP contribution in [0.2, 0.25) is 5.02 Å². The molecule has 0 aliphatic carbocycles. The van der Waals surface area contributed by atoms with E-state index in [0.717, 1.165) is 11.3 Å². The van der Waals surface area contributed by atoms with Crippen LogP contribution in [0.5, 0.6) is 0 Å². The molecular weight excluding hydrogens is 452 g/mol. The summed E-state index contributed by atoms with van der Waals surface area (Å²) >= 11 is 12.9. The predicted octanol–water partition coefficient (Wildman–Crippen LogP) is 4.74. The molecule has 0 spiro atoms. The van der Waals surface area contributed by atoms with Crippen molar-refractivity contribution in [2.24, 2.45) is 0 Å². The first-order valence-corrected chi connectivity index (χ1v) is 11.0. The Bertz CT molecular complexity index is 1190. The van der Waals surface area contributed by atoms with Crippen molar-refractivity contribution in [3.05, 3.63) is 82.0 Å². The Morgan fingerprint density at radius 1 is 1.23 bits per heavy atom. The summed E-state index contributed by atoms with van der Waals surface area (Å²) in [7, 11) is 0. The molecule has 6 nitrogen and oxygen atoms in total. The van der Waals surface area contributed by atoms with Crippen LogP contribution >= 0.6 is 35.2 Å². The number of amides is 2. The first kappa shape index (κ1) is 21.2. The van der Waals surface area contributed by atoms with Gasteiger partial charge in [0.05, 0.1) is 17.9 Å². The number of nitrogens with one attached hydrogen (secondary N) is 1. The highest BCUT2D eigenvalue weighted by molar-refractivity contribution is 7.80. The molecule has 3 aromatic rings. The summed E-state index contributed by atoms with van der Waals surface area (Å²) in [6, 6.07) is 16.6. The lowest BCUT2D eigenvalue weighted by atomic mass is 10.2. The Kier molecular flexibility index (Phi) is 6.13. The maximum atomic E-state index is 12.9. The van der Waals surface area contributed by atoms with E-state index >= 15 is 0 Å². The molecule has 2 heterocycles. The number of benzene rings is 2. The van der Waals surface area contributed by atoms with Crippen molar-refractivity contribution in [1.82, 2.24) is 15.2 Å². The third-order valence-electron chi connectivity index (χ3n) is 4.57. The number of thiocarbonyl (C=S) groups is 1. The number of nitrogens with zero attached hydrogens (tertiary/aromatic N) is 3. The quantitative estimate of drug-likeness (QED) is 0.433. The average Bonchev–Trinajstić information content (AvgIpc) is 3.30. The number of anilines is 2. The van der Waals surface area contributed by atoms with Gasteiger partial charge in [-0.25, -0.2) is 4.98 Å². The van der Waals surface area contributed by atoms with Crippen LogP contribution in [0.4, 0.5) is 10.8 Å². The van der Waals surface area contributed by atoms with E-state index in [1.165, 1.54) is 28.1 Å². The first-order chi connectivity index (χ1) is 14.9. The highest BCUT2D eigenvalue weighted by atomic mass is 35.5. The SMILES string of the molecule is CC(=O)N(c1ccccc1)c1nc(/C=C2\NC(=S)N(Cc3ccccc3Cl)C2=O)cs1. The van der Waals surface area contributed by atoms with Crippen LogP contribution in [0.15, 0.2) is 65.7 Å². The van der Waals surface area contributed by atoms with E-state index in [-0.39, 0.29) is 18.4 Å². The minimum atomic E-state index is -0.258. The van der Waals surface area contributed by atoms with Crippen molar-refractivity contribution in [3.8, 4) is 0 Å². The number of rotatable bonds is 5. The van der Waals surface area contributed by atoms with Gasteiger partial charge in [0, 0.05) is 17.3 Å². The molecular formula is C22H17ClN4O2S2. The van der Waals surface area contributed by atoms with Gasteiger partial charge in [0.2, 0.25) is 5.91 Å². The molecule has 1 N–H and O–H groups in total. The van der Waals surface area contributed by atoms with E-state index in [0.29, 0.717) is 26.7 Å². The van der Waals surface area contributed by atoms with Gasteiger partial charge in [-0.3, -0.25) is 19.4 Å². The minimum absolute atomic E-state index is 0.151. The van der Waals surface area contributed by atoms with E-state index in [1.807, 2.05) is 48.5 Å². The number of carbonyl (C=O) groups is 2. The second-order valence-corrected chi connectivity index (χ2v) is 8.35. The van der Waals surface area contributed by atoms with E-state index < -0.39 is 0 Å². The second-order valence-electron chi connectivity index (χ2n) is 6.72. The Morgan fingerprint density at radius 3 is 2.65 bits per heavy atom. The zero-order chi connectivity index (χ0) is 22.0. The van der Waals surface area contributed by atoms with Crippen LogP contribution in [-0.4, -0.2) is 26.8 Å². The molecule has 2 amide bonds. The molecule has 2 aromatic carbocycles. The van der Waals surface area contributed by atoms with Gasteiger partial charge in [-0.15, -0.1) is 11.3 Å². The highest BCUT2D eigenvalue weighted by Gasteiger charge is 2.31. The molecule has 1 saturated heterocycles. The maximum absolute atomic E-state index is 12.9. The molecule has 1 aromatic heterocycles. The summed E-state index contributed by atoms with van der Waals surface area (Å²) in [6.45, 7) is 1.76. The van der Waals surface area contributed by atoms with Gasteiger partial charge in [-0.2, -0.15) is 0 Å². The van der Waals surface area contributed by atoms with Crippen LogP contribution < -0.4 is 10.2 Å². The summed E-state index contributed by atoms with van der Waals surface area (Å²) < 4.78 is 0. The molecule has 1 fully saturated rings. The number of para-hydroxylation sites is 1. The molecule has 0 atom stereocenters. The minimum Gasteiger partial charge on any atom is -0.328 e. The van der Waals surface area contributed by atoms with Crippen molar-refractivity contribution in [1.29, 1.82) is 0 Å². The third kappa shape index (κ3) is 4.51. The number of halogens is 1. The Labute approximate surface area is 193 Å². The number of carbonyl (C=O) groups excluding carboxylic acids is 2. The molecule has 1 aliphatic rings. The summed E-state index contributed by atoms with van der Waals surface area (Å²) in [5, 5.41) is 6.13. The molecule has 9 heteroatoms. The smallest absolute Gasteiger partial charge is 0.276 e. The van der Waals surface area contributed by atoms with Gasteiger partial charge in [0.1, 0.15) is 5.70 Å². The van der Waals surface area contributed by atoms with Gasteiger partial charge < -0.3 is 5.32 Å². The van der Waals surface area contributed by atoms with E-state index in [1.54, 1.807) is 17.5 Å². The second kappa shape index (κ2) is 8.97. The number of hydrogen-bond donors (Lipinski definition) is 1. The monoisotopic (exact) mass is 468 g/mol. The molecule has 0 bridgehead atoms. The third-order valence-corrected chi connectivity index (χ3v) is 6.11. The van der Waals surface area contributed by atoms with Crippen LogP contribution in [0.3, 0.4) is 0 Å². The lowest BCUT2D eigenvalue weighted by Crippen LogP contribution is -2.30. The molecule has 0 radical (unpaired) electrons. The van der Waals surface area contributed by atoms with Crippen molar-refractivity contribution in [3.63, 3.8) is 0 Å². The van der Waals surface area contributed by atoms with Crippen molar-refractivity contribution >= 4 is 69.0 Å². The number of thiazole rings is 1. The van der Waals surface area contributed by atoms with E-state index in [2.05, 4.69) is 10.3 Å². The fourth-order valence-electron chi connectivity index (χ4n) is 3.11. The lowest BCUT2D eigenvalue weighted by Gasteiger charge is -2.17. The first-order valence-electron chi connectivity index (χ1n) is 9.33. The number of aromatic nitrogens is 1. The zero-order valence-corrected chi connectivity index (χ0v) is 18.8. The normalized spacial score (nSPS) is 14.8. The topological polar surface area (TPSA) is 65.5 Å². The van der Waals surface area contributed by atoms with Gasteiger partial charge in [0.15, 0.2) is 10.2 Å². The van der Waals surface area contributed by atoms with Gasteiger partial charge in [-0.05, 0) is 42.1 Å². The van der Waals surface area contributed by atoms with Crippen LogP contribution in [0.25, 0.3) is 6.08 Å². The average molecular weight is 469 g/mol. The maximum Gasteiger partial charge on any atom is 0.276 e. The van der Waals surface area contributed by atoms with Crippen molar-refractivity contribution in [2.45, 2.75) is 13.5 Å². The van der Waals surface area contributed by atoms with E-state index in [9.17, 15) is 9.59 Å². The molecule has 4 rings (SSSR count). The summed E-state index contributed by atoms with van der Waals surface area (Å²) in [5.41, 5.74) is 2.41. The Balaban J connectivity index is 1.56. The lowest BCUT2D eigenvalue weighted by molar-refractivity contribution is -0.122. The van der Waals surface area contributed by atoms with Crippen molar-refractivity contribution < 1.29 is 9.59 Å². The molecule has 156 valence electrons. The number of hydrogen-bond acceptors (Lipinski definition) is 5. The fraction of sp³-hybridized carbons (Fsp3) is 0.0909. The molecule has 0 saturated carbocycles.